The lowest BCUT2D eigenvalue weighted by Gasteiger charge is -2.43. The number of rotatable bonds is 4. The van der Waals surface area contributed by atoms with Crippen LogP contribution in [-0.4, -0.2) is 25.1 Å². The molecule has 1 fully saturated rings. The summed E-state index contributed by atoms with van der Waals surface area (Å²) in [7, 11) is 0. The zero-order valence-electron chi connectivity index (χ0n) is 8.92. The Kier molecular flexibility index (Phi) is 3.32. The summed E-state index contributed by atoms with van der Waals surface area (Å²) >= 11 is 1.83. The van der Waals surface area contributed by atoms with E-state index in [4.69, 9.17) is 0 Å². The fourth-order valence-corrected chi connectivity index (χ4v) is 2.71. The Balaban J connectivity index is 2.22. The van der Waals surface area contributed by atoms with Crippen molar-refractivity contribution in [2.24, 2.45) is 0 Å². The lowest BCUT2D eigenvalue weighted by molar-refractivity contribution is 0.261. The molecule has 1 heterocycles. The average Bonchev–Trinajstić information content (AvgIpc) is 2.19. The van der Waals surface area contributed by atoms with E-state index in [-0.39, 0.29) is 11.2 Å². The molecule has 1 nitrogen and oxygen atoms in total. The van der Waals surface area contributed by atoms with Gasteiger partial charge in [0, 0.05) is 18.5 Å². The fraction of sp³-hybridized carbons (Fsp3) is 0.500. The normalized spacial score (nSPS) is 18.5. The van der Waals surface area contributed by atoms with E-state index >= 15 is 0 Å². The molecule has 0 atom stereocenters. The van der Waals surface area contributed by atoms with Gasteiger partial charge in [-0.15, -0.1) is 0 Å². The number of benzene rings is 1. The number of thioether (sulfide) groups is 1. The third-order valence-corrected chi connectivity index (χ3v) is 3.77. The van der Waals surface area contributed by atoms with E-state index in [2.05, 4.69) is 11.6 Å². The highest BCUT2D eigenvalue weighted by Gasteiger charge is 2.39. The molecule has 1 N–H and O–H groups in total. The smallest absolute Gasteiger partial charge is 0.127 e. The molecule has 82 valence electrons. The molecule has 3 heteroatoms. The van der Waals surface area contributed by atoms with Gasteiger partial charge in [-0.1, -0.05) is 18.2 Å². The SMILES string of the molecule is CSCCC1(c2ccccc2F)CNC1. The lowest BCUT2D eigenvalue weighted by atomic mass is 9.73. The first kappa shape index (κ1) is 11.0. The number of halogens is 1. The molecule has 1 aliphatic rings. The molecule has 0 spiro atoms. The number of hydrogen-bond acceptors (Lipinski definition) is 2. The maximum absolute atomic E-state index is 13.7. The molecule has 2 rings (SSSR count). The van der Waals surface area contributed by atoms with Crippen LogP contribution in [0, 0.1) is 5.82 Å². The van der Waals surface area contributed by atoms with Gasteiger partial charge in [0.15, 0.2) is 0 Å². The Bertz CT molecular complexity index is 336. The minimum Gasteiger partial charge on any atom is -0.315 e. The van der Waals surface area contributed by atoms with Crippen LogP contribution >= 0.6 is 11.8 Å². The molecular weight excluding hydrogens is 209 g/mol. The van der Waals surface area contributed by atoms with Crippen molar-refractivity contribution in [3.05, 3.63) is 35.6 Å². The van der Waals surface area contributed by atoms with Gasteiger partial charge in [-0.25, -0.2) is 4.39 Å². The van der Waals surface area contributed by atoms with Gasteiger partial charge in [0.2, 0.25) is 0 Å². The van der Waals surface area contributed by atoms with Crippen molar-refractivity contribution in [2.75, 3.05) is 25.1 Å². The van der Waals surface area contributed by atoms with E-state index in [0.717, 1.165) is 30.8 Å². The van der Waals surface area contributed by atoms with Crippen LogP contribution in [0.1, 0.15) is 12.0 Å². The largest absolute Gasteiger partial charge is 0.315 e. The molecule has 0 amide bonds. The first-order chi connectivity index (χ1) is 7.28. The summed E-state index contributed by atoms with van der Waals surface area (Å²) in [5, 5.41) is 3.26. The average molecular weight is 225 g/mol. The van der Waals surface area contributed by atoms with Crippen LogP contribution in [0.15, 0.2) is 24.3 Å². The summed E-state index contributed by atoms with van der Waals surface area (Å²) in [6.07, 6.45) is 3.16. The van der Waals surface area contributed by atoms with Crippen LogP contribution in [0.3, 0.4) is 0 Å². The number of nitrogens with one attached hydrogen (secondary N) is 1. The predicted octanol–water partition coefficient (Wildman–Crippen LogP) is 2.42. The zero-order valence-corrected chi connectivity index (χ0v) is 9.74. The molecule has 0 unspecified atom stereocenters. The second-order valence-corrected chi connectivity index (χ2v) is 5.09. The van der Waals surface area contributed by atoms with Gasteiger partial charge in [0.1, 0.15) is 5.82 Å². The van der Waals surface area contributed by atoms with E-state index in [1.165, 1.54) is 0 Å². The first-order valence-corrected chi connectivity index (χ1v) is 6.62. The van der Waals surface area contributed by atoms with Crippen molar-refractivity contribution in [1.29, 1.82) is 0 Å². The molecule has 15 heavy (non-hydrogen) atoms. The second kappa shape index (κ2) is 4.54. The van der Waals surface area contributed by atoms with Gasteiger partial charge < -0.3 is 5.32 Å². The van der Waals surface area contributed by atoms with Crippen LogP contribution in [0.25, 0.3) is 0 Å². The van der Waals surface area contributed by atoms with E-state index < -0.39 is 0 Å². The standard InChI is InChI=1S/C12H16FNS/c1-15-7-6-12(8-14-9-12)10-4-2-3-5-11(10)13/h2-5,14H,6-9H2,1H3. The van der Waals surface area contributed by atoms with E-state index in [9.17, 15) is 4.39 Å². The Labute approximate surface area is 94.5 Å². The summed E-state index contributed by atoms with van der Waals surface area (Å²) in [5.74, 6) is 1.04. The van der Waals surface area contributed by atoms with Crippen LogP contribution in [0.5, 0.6) is 0 Å². The summed E-state index contributed by atoms with van der Waals surface area (Å²) in [4.78, 5) is 0. The lowest BCUT2D eigenvalue weighted by Crippen LogP contribution is -2.57. The first-order valence-electron chi connectivity index (χ1n) is 5.23. The van der Waals surface area contributed by atoms with Gasteiger partial charge in [0.05, 0.1) is 0 Å². The van der Waals surface area contributed by atoms with E-state index in [1.54, 1.807) is 12.1 Å². The third kappa shape index (κ3) is 2.04. The summed E-state index contributed by atoms with van der Waals surface area (Å²) in [6, 6.07) is 7.18. The van der Waals surface area contributed by atoms with Crippen molar-refractivity contribution in [1.82, 2.24) is 5.32 Å². The molecule has 1 aromatic carbocycles. The molecule has 0 bridgehead atoms. The molecule has 1 saturated heterocycles. The monoisotopic (exact) mass is 225 g/mol. The maximum atomic E-state index is 13.7. The van der Waals surface area contributed by atoms with Gasteiger partial charge in [0.25, 0.3) is 0 Å². The summed E-state index contributed by atoms with van der Waals surface area (Å²) < 4.78 is 13.7. The van der Waals surface area contributed by atoms with E-state index in [1.807, 2.05) is 23.9 Å². The minimum absolute atomic E-state index is 0.0500. The molecule has 1 aliphatic heterocycles. The second-order valence-electron chi connectivity index (χ2n) is 4.11. The molecule has 0 radical (unpaired) electrons. The van der Waals surface area contributed by atoms with Gasteiger partial charge in [-0.05, 0) is 30.1 Å². The molecule has 1 aromatic rings. The minimum atomic E-state index is -0.0555. The summed E-state index contributed by atoms with van der Waals surface area (Å²) in [6.45, 7) is 1.82. The topological polar surface area (TPSA) is 12.0 Å². The Hall–Kier alpha value is -0.540. The Morgan fingerprint density at radius 3 is 2.67 bits per heavy atom. The third-order valence-electron chi connectivity index (χ3n) is 3.16. The quantitative estimate of drug-likeness (QED) is 0.844. The highest BCUT2D eigenvalue weighted by atomic mass is 32.2. The van der Waals surface area contributed by atoms with Gasteiger partial charge in [-0.3, -0.25) is 0 Å². The Morgan fingerprint density at radius 2 is 2.13 bits per heavy atom. The zero-order chi connectivity index (χ0) is 10.7. The maximum Gasteiger partial charge on any atom is 0.127 e. The van der Waals surface area contributed by atoms with Crippen LogP contribution in [0.2, 0.25) is 0 Å². The molecule has 0 aliphatic carbocycles. The van der Waals surface area contributed by atoms with Crippen molar-refractivity contribution >= 4 is 11.8 Å². The highest BCUT2D eigenvalue weighted by molar-refractivity contribution is 7.98. The van der Waals surface area contributed by atoms with Crippen molar-refractivity contribution in [2.45, 2.75) is 11.8 Å². The van der Waals surface area contributed by atoms with Crippen molar-refractivity contribution in [3.63, 3.8) is 0 Å². The van der Waals surface area contributed by atoms with Crippen molar-refractivity contribution in [3.8, 4) is 0 Å². The van der Waals surface area contributed by atoms with Crippen LogP contribution in [0.4, 0.5) is 4.39 Å². The highest BCUT2D eigenvalue weighted by Crippen LogP contribution is 2.34. The predicted molar refractivity (Wildman–Crippen MR) is 63.9 cm³/mol. The van der Waals surface area contributed by atoms with Crippen LogP contribution in [-0.2, 0) is 5.41 Å². The van der Waals surface area contributed by atoms with Crippen LogP contribution < -0.4 is 5.32 Å². The van der Waals surface area contributed by atoms with E-state index in [0.29, 0.717) is 0 Å². The molecule has 0 aromatic heterocycles. The number of hydrogen-bond donors (Lipinski definition) is 1. The van der Waals surface area contributed by atoms with Gasteiger partial charge >= 0.3 is 0 Å². The molecular formula is C12H16FNS. The van der Waals surface area contributed by atoms with Gasteiger partial charge in [-0.2, -0.15) is 11.8 Å². The molecule has 0 saturated carbocycles. The fourth-order valence-electron chi connectivity index (χ4n) is 2.12. The van der Waals surface area contributed by atoms with Crippen molar-refractivity contribution < 1.29 is 4.39 Å². The summed E-state index contributed by atoms with van der Waals surface area (Å²) in [5.41, 5.74) is 0.937. The Morgan fingerprint density at radius 1 is 1.40 bits per heavy atom.